The first-order valence-electron chi connectivity index (χ1n) is 4.96. The van der Waals surface area contributed by atoms with Gasteiger partial charge < -0.3 is 9.84 Å². The molecule has 1 N–H and O–H groups in total. The standard InChI is InChI=1S/C13H14O3/c1-10-5-3-6-12(9-10)13(15)7-4-8-16-11(2)14/h3,5-6,9,13,15H,8H2,1-2H3/t13-/m1/s1. The van der Waals surface area contributed by atoms with E-state index >= 15 is 0 Å². The second kappa shape index (κ2) is 5.94. The van der Waals surface area contributed by atoms with E-state index in [4.69, 9.17) is 0 Å². The molecule has 0 spiro atoms. The van der Waals surface area contributed by atoms with Crippen LogP contribution in [-0.4, -0.2) is 17.7 Å². The van der Waals surface area contributed by atoms with Gasteiger partial charge in [-0.25, -0.2) is 0 Å². The van der Waals surface area contributed by atoms with Crippen LogP contribution in [0, 0.1) is 18.8 Å². The van der Waals surface area contributed by atoms with Gasteiger partial charge in [0.05, 0.1) is 0 Å². The van der Waals surface area contributed by atoms with Crippen molar-refractivity contribution in [2.24, 2.45) is 0 Å². The van der Waals surface area contributed by atoms with Gasteiger partial charge in [0.15, 0.2) is 6.61 Å². The summed E-state index contributed by atoms with van der Waals surface area (Å²) in [5.74, 6) is 4.83. The lowest BCUT2D eigenvalue weighted by Crippen LogP contribution is -1.99. The molecule has 0 unspecified atom stereocenters. The molecular formula is C13H14O3. The van der Waals surface area contributed by atoms with Crippen molar-refractivity contribution >= 4 is 5.97 Å². The van der Waals surface area contributed by atoms with Gasteiger partial charge in [-0.2, -0.15) is 0 Å². The zero-order valence-corrected chi connectivity index (χ0v) is 9.36. The van der Waals surface area contributed by atoms with Gasteiger partial charge in [0.1, 0.15) is 6.10 Å². The summed E-state index contributed by atoms with van der Waals surface area (Å²) in [6.07, 6.45) is -0.838. The van der Waals surface area contributed by atoms with Crippen LogP contribution in [0.3, 0.4) is 0 Å². The molecule has 0 aromatic heterocycles. The third kappa shape index (κ3) is 4.16. The molecule has 84 valence electrons. The topological polar surface area (TPSA) is 46.5 Å². The molecule has 16 heavy (non-hydrogen) atoms. The first-order valence-corrected chi connectivity index (χ1v) is 4.96. The van der Waals surface area contributed by atoms with Crippen LogP contribution >= 0.6 is 0 Å². The SMILES string of the molecule is CC(=O)OCC#C[C@@H](O)c1cccc(C)c1. The quantitative estimate of drug-likeness (QED) is 0.605. The van der Waals surface area contributed by atoms with Gasteiger partial charge in [0, 0.05) is 6.92 Å². The van der Waals surface area contributed by atoms with Crippen LogP contribution in [-0.2, 0) is 9.53 Å². The van der Waals surface area contributed by atoms with Crippen molar-refractivity contribution < 1.29 is 14.6 Å². The van der Waals surface area contributed by atoms with E-state index in [-0.39, 0.29) is 12.6 Å². The molecule has 1 atom stereocenters. The number of aliphatic hydroxyl groups is 1. The monoisotopic (exact) mass is 218 g/mol. The van der Waals surface area contributed by atoms with Crippen molar-refractivity contribution in [1.29, 1.82) is 0 Å². The summed E-state index contributed by atoms with van der Waals surface area (Å²) in [5, 5.41) is 9.70. The molecule has 0 aliphatic carbocycles. The molecule has 0 saturated heterocycles. The van der Waals surface area contributed by atoms with E-state index < -0.39 is 6.10 Å². The number of rotatable bonds is 2. The summed E-state index contributed by atoms with van der Waals surface area (Å²) < 4.78 is 4.63. The molecule has 3 heteroatoms. The molecule has 0 heterocycles. The summed E-state index contributed by atoms with van der Waals surface area (Å²) in [7, 11) is 0. The van der Waals surface area contributed by atoms with Crippen molar-refractivity contribution in [2.75, 3.05) is 6.61 Å². The molecule has 0 saturated carbocycles. The van der Waals surface area contributed by atoms with Crippen molar-refractivity contribution in [1.82, 2.24) is 0 Å². The first-order chi connectivity index (χ1) is 7.59. The maximum Gasteiger partial charge on any atom is 0.303 e. The summed E-state index contributed by atoms with van der Waals surface area (Å²) in [4.78, 5) is 10.5. The maximum atomic E-state index is 10.5. The van der Waals surface area contributed by atoms with E-state index in [2.05, 4.69) is 16.6 Å². The zero-order valence-electron chi connectivity index (χ0n) is 9.36. The number of hydrogen-bond acceptors (Lipinski definition) is 3. The van der Waals surface area contributed by atoms with Crippen molar-refractivity contribution in [3.63, 3.8) is 0 Å². The Kier molecular flexibility index (Phi) is 4.56. The molecule has 0 amide bonds. The molecule has 1 aromatic rings. The first kappa shape index (κ1) is 12.3. The number of esters is 1. The van der Waals surface area contributed by atoms with Gasteiger partial charge in [-0.05, 0) is 12.5 Å². The van der Waals surface area contributed by atoms with Crippen LogP contribution in [0.4, 0.5) is 0 Å². The van der Waals surface area contributed by atoms with E-state index in [1.54, 1.807) is 6.07 Å². The van der Waals surface area contributed by atoms with Gasteiger partial charge in [0.2, 0.25) is 0 Å². The fourth-order valence-corrected chi connectivity index (χ4v) is 1.20. The maximum absolute atomic E-state index is 10.5. The Morgan fingerprint density at radius 2 is 2.31 bits per heavy atom. The number of aryl methyl sites for hydroxylation is 1. The molecule has 0 aliphatic rings. The highest BCUT2D eigenvalue weighted by molar-refractivity contribution is 5.66. The number of benzene rings is 1. The summed E-state index contributed by atoms with van der Waals surface area (Å²) >= 11 is 0. The molecule has 1 aromatic carbocycles. The third-order valence-corrected chi connectivity index (χ3v) is 1.94. The second-order valence-corrected chi connectivity index (χ2v) is 3.42. The predicted octanol–water partition coefficient (Wildman–Crippen LogP) is 1.59. The van der Waals surface area contributed by atoms with Gasteiger partial charge in [-0.3, -0.25) is 4.79 Å². The average molecular weight is 218 g/mol. The van der Waals surface area contributed by atoms with Crippen molar-refractivity contribution in [3.8, 4) is 11.8 Å². The molecule has 3 nitrogen and oxygen atoms in total. The van der Waals surface area contributed by atoms with E-state index in [1.807, 2.05) is 25.1 Å². The lowest BCUT2D eigenvalue weighted by atomic mass is 10.1. The third-order valence-electron chi connectivity index (χ3n) is 1.94. The van der Waals surface area contributed by atoms with E-state index in [0.29, 0.717) is 0 Å². The number of hydrogen-bond donors (Lipinski definition) is 1. The molecular weight excluding hydrogens is 204 g/mol. The van der Waals surface area contributed by atoms with Gasteiger partial charge in [-0.15, -0.1) is 0 Å². The Labute approximate surface area is 95.1 Å². The van der Waals surface area contributed by atoms with Gasteiger partial charge in [0.25, 0.3) is 0 Å². The highest BCUT2D eigenvalue weighted by Crippen LogP contribution is 2.12. The van der Waals surface area contributed by atoms with Crippen LogP contribution in [0.15, 0.2) is 24.3 Å². The van der Waals surface area contributed by atoms with Gasteiger partial charge >= 0.3 is 5.97 Å². The number of aliphatic hydroxyl groups excluding tert-OH is 1. The van der Waals surface area contributed by atoms with Crippen LogP contribution < -0.4 is 0 Å². The molecule has 0 radical (unpaired) electrons. The summed E-state index contributed by atoms with van der Waals surface area (Å²) in [5.41, 5.74) is 1.81. The largest absolute Gasteiger partial charge is 0.453 e. The predicted molar refractivity (Wildman–Crippen MR) is 60.5 cm³/mol. The Bertz CT molecular complexity index is 426. The minimum Gasteiger partial charge on any atom is -0.453 e. The fourth-order valence-electron chi connectivity index (χ4n) is 1.20. The van der Waals surface area contributed by atoms with Crippen LogP contribution in [0.5, 0.6) is 0 Å². The number of carbonyl (C=O) groups is 1. The van der Waals surface area contributed by atoms with Crippen LogP contribution in [0.1, 0.15) is 24.2 Å². The zero-order chi connectivity index (χ0) is 12.0. The van der Waals surface area contributed by atoms with E-state index in [1.165, 1.54) is 6.92 Å². The molecule has 0 bridgehead atoms. The summed E-state index contributed by atoms with van der Waals surface area (Å²) in [6, 6.07) is 7.48. The Balaban J connectivity index is 2.58. The minimum atomic E-state index is -0.838. The van der Waals surface area contributed by atoms with E-state index in [0.717, 1.165) is 11.1 Å². The van der Waals surface area contributed by atoms with Crippen LogP contribution in [0.2, 0.25) is 0 Å². The van der Waals surface area contributed by atoms with Crippen LogP contribution in [0.25, 0.3) is 0 Å². The fraction of sp³-hybridized carbons (Fsp3) is 0.308. The average Bonchev–Trinajstić information content (AvgIpc) is 2.24. The lowest BCUT2D eigenvalue weighted by Gasteiger charge is -2.04. The Hall–Kier alpha value is -1.79. The molecule has 1 rings (SSSR count). The van der Waals surface area contributed by atoms with Crippen molar-refractivity contribution in [2.45, 2.75) is 20.0 Å². The summed E-state index contributed by atoms with van der Waals surface area (Å²) in [6.45, 7) is 3.28. The second-order valence-electron chi connectivity index (χ2n) is 3.42. The lowest BCUT2D eigenvalue weighted by molar-refractivity contribution is -0.139. The smallest absolute Gasteiger partial charge is 0.303 e. The highest BCUT2D eigenvalue weighted by atomic mass is 16.5. The minimum absolute atomic E-state index is 0.0121. The number of ether oxygens (including phenoxy) is 1. The molecule has 0 fully saturated rings. The highest BCUT2D eigenvalue weighted by Gasteiger charge is 2.02. The normalized spacial score (nSPS) is 11.2. The molecule has 0 aliphatic heterocycles. The number of carbonyl (C=O) groups excluding carboxylic acids is 1. The van der Waals surface area contributed by atoms with Gasteiger partial charge in [-0.1, -0.05) is 41.7 Å². The van der Waals surface area contributed by atoms with E-state index in [9.17, 15) is 9.90 Å². The van der Waals surface area contributed by atoms with Crippen molar-refractivity contribution in [3.05, 3.63) is 35.4 Å². The Morgan fingerprint density at radius 3 is 2.94 bits per heavy atom. The Morgan fingerprint density at radius 1 is 1.56 bits per heavy atom.